The quantitative estimate of drug-likeness (QED) is 0.0502. The van der Waals surface area contributed by atoms with E-state index in [1.165, 1.54) is 13.3 Å². The molecule has 0 aliphatic rings. The molecule has 16 heteroatoms. The Morgan fingerprint density at radius 1 is 0.947 bits per heavy atom. The van der Waals surface area contributed by atoms with Gasteiger partial charge in [-0.05, 0) is 38.6 Å². The molecule has 3 atom stereocenters. The standard InChI is InChI=1S/C22H39N11O5/c1-13(34)29-11-18(35)31-17(9-14-10-27-12-30-14)21(38)33-16(5-2-3-7-23)20(37)32-15(19(24)36)6-4-8-28-22(25)26/h10,12,15-17H,2-9,11,23H2,1H3,(H2,24,36)(H,27,30)(H,29,34)(H,31,35)(H,32,37)(H,33,38)(H4,25,26,28)/t15-,16-,17-/m0/s1. The smallest absolute Gasteiger partial charge is 0.243 e. The minimum absolute atomic E-state index is 0.0192. The van der Waals surface area contributed by atoms with E-state index in [4.69, 9.17) is 22.6 Å². The molecule has 0 saturated carbocycles. The van der Waals surface area contributed by atoms with Gasteiger partial charge in [-0.3, -0.25) is 29.4 Å². The summed E-state index contributed by atoms with van der Waals surface area (Å²) in [6.07, 6.45) is 4.91. The number of amides is 5. The van der Waals surface area contributed by atoms with Gasteiger partial charge in [0.25, 0.3) is 0 Å². The first-order valence-corrected chi connectivity index (χ1v) is 12.2. The number of nitrogens with two attached hydrogens (primary N) is 3. The molecular weight excluding hydrogens is 498 g/mol. The van der Waals surface area contributed by atoms with Crippen molar-refractivity contribution in [2.45, 2.75) is 63.6 Å². The van der Waals surface area contributed by atoms with Gasteiger partial charge < -0.3 is 48.8 Å². The highest BCUT2D eigenvalue weighted by Crippen LogP contribution is 2.06. The Kier molecular flexibility index (Phi) is 14.5. The molecule has 38 heavy (non-hydrogen) atoms. The van der Waals surface area contributed by atoms with E-state index in [9.17, 15) is 24.0 Å². The number of imidazole rings is 1. The van der Waals surface area contributed by atoms with Gasteiger partial charge in [-0.15, -0.1) is 0 Å². The SMILES string of the molecule is CC(=O)NCC(=O)N[C@@H](Cc1c[nH]cn1)C(=O)N[C@@H](CCCCN)C(=O)N[C@@H](CCCNC(=N)N)C(N)=O. The molecule has 1 aromatic heterocycles. The number of H-pyrrole nitrogens is 1. The predicted octanol–water partition coefficient (Wildman–Crippen LogP) is -3.58. The summed E-state index contributed by atoms with van der Waals surface area (Å²) in [5, 5.41) is 19.9. The highest BCUT2D eigenvalue weighted by molar-refractivity contribution is 5.94. The van der Waals surface area contributed by atoms with Crippen LogP contribution in [-0.4, -0.2) is 83.2 Å². The minimum atomic E-state index is -1.10. The number of rotatable bonds is 18. The Morgan fingerprint density at radius 3 is 2.18 bits per heavy atom. The number of unbranched alkanes of at least 4 members (excludes halogenated alkanes) is 1. The molecule has 1 aromatic rings. The fourth-order valence-corrected chi connectivity index (χ4v) is 3.39. The molecule has 0 unspecified atom stereocenters. The number of aromatic nitrogens is 2. The molecule has 0 spiro atoms. The van der Waals surface area contributed by atoms with Crippen molar-refractivity contribution in [2.24, 2.45) is 17.2 Å². The van der Waals surface area contributed by atoms with Gasteiger partial charge in [0.2, 0.25) is 29.5 Å². The van der Waals surface area contributed by atoms with Gasteiger partial charge >= 0.3 is 0 Å². The van der Waals surface area contributed by atoms with Crippen LogP contribution in [0.4, 0.5) is 0 Å². The largest absolute Gasteiger partial charge is 0.370 e. The van der Waals surface area contributed by atoms with E-state index in [-0.39, 0.29) is 31.8 Å². The van der Waals surface area contributed by atoms with E-state index in [0.29, 0.717) is 38.0 Å². The van der Waals surface area contributed by atoms with Crippen LogP contribution in [0.2, 0.25) is 0 Å². The number of primary amides is 1. The van der Waals surface area contributed by atoms with E-state index in [0.717, 1.165) is 0 Å². The molecule has 0 radical (unpaired) electrons. The molecular formula is C22H39N11O5. The normalized spacial score (nSPS) is 12.9. The van der Waals surface area contributed by atoms with E-state index in [1.54, 1.807) is 6.20 Å². The van der Waals surface area contributed by atoms with Crippen LogP contribution in [0.1, 0.15) is 44.7 Å². The summed E-state index contributed by atoms with van der Waals surface area (Å²) in [4.78, 5) is 68.5. The average Bonchev–Trinajstić information content (AvgIpc) is 3.36. The third-order valence-corrected chi connectivity index (χ3v) is 5.34. The van der Waals surface area contributed by atoms with Crippen LogP contribution in [0.25, 0.3) is 0 Å². The summed E-state index contributed by atoms with van der Waals surface area (Å²) in [6.45, 7) is 1.61. The Morgan fingerprint density at radius 2 is 1.61 bits per heavy atom. The first-order chi connectivity index (χ1) is 18.0. The second-order valence-electron chi connectivity index (χ2n) is 8.59. The van der Waals surface area contributed by atoms with Crippen molar-refractivity contribution in [1.82, 2.24) is 36.6 Å². The van der Waals surface area contributed by atoms with Crippen molar-refractivity contribution in [3.05, 3.63) is 18.2 Å². The van der Waals surface area contributed by atoms with Gasteiger partial charge in [0.1, 0.15) is 18.1 Å². The summed E-state index contributed by atoms with van der Waals surface area (Å²) in [5.74, 6) is -3.27. The van der Waals surface area contributed by atoms with Crippen molar-refractivity contribution in [3.8, 4) is 0 Å². The molecule has 0 fully saturated rings. The van der Waals surface area contributed by atoms with Gasteiger partial charge in [0.05, 0.1) is 18.6 Å². The van der Waals surface area contributed by atoms with Crippen LogP contribution in [0, 0.1) is 5.41 Å². The van der Waals surface area contributed by atoms with Gasteiger partial charge in [-0.25, -0.2) is 4.98 Å². The van der Waals surface area contributed by atoms with Crippen LogP contribution in [-0.2, 0) is 30.4 Å². The van der Waals surface area contributed by atoms with Crippen molar-refractivity contribution in [3.63, 3.8) is 0 Å². The summed E-state index contributed by atoms with van der Waals surface area (Å²) in [6, 6.07) is -3.16. The second-order valence-corrected chi connectivity index (χ2v) is 8.59. The Bertz CT molecular complexity index is 938. The lowest BCUT2D eigenvalue weighted by molar-refractivity contribution is -0.133. The zero-order valence-electron chi connectivity index (χ0n) is 21.5. The van der Waals surface area contributed by atoms with Gasteiger partial charge in [0.15, 0.2) is 5.96 Å². The molecule has 16 nitrogen and oxygen atoms in total. The third kappa shape index (κ3) is 13.2. The predicted molar refractivity (Wildman–Crippen MR) is 138 cm³/mol. The zero-order valence-corrected chi connectivity index (χ0v) is 21.5. The van der Waals surface area contributed by atoms with Crippen LogP contribution in [0.15, 0.2) is 12.5 Å². The number of nitrogens with one attached hydrogen (secondary N) is 7. The molecule has 13 N–H and O–H groups in total. The molecule has 1 rings (SSSR count). The lowest BCUT2D eigenvalue weighted by Crippen LogP contribution is -2.57. The maximum Gasteiger partial charge on any atom is 0.243 e. The lowest BCUT2D eigenvalue weighted by Gasteiger charge is -2.25. The molecule has 0 aromatic carbocycles. The number of guanidine groups is 1. The van der Waals surface area contributed by atoms with Gasteiger partial charge in [-0.2, -0.15) is 0 Å². The Balaban J connectivity index is 2.95. The van der Waals surface area contributed by atoms with Crippen molar-refractivity contribution < 1.29 is 24.0 Å². The van der Waals surface area contributed by atoms with E-state index >= 15 is 0 Å². The van der Waals surface area contributed by atoms with Crippen LogP contribution in [0.3, 0.4) is 0 Å². The van der Waals surface area contributed by atoms with Crippen LogP contribution in [0.5, 0.6) is 0 Å². The van der Waals surface area contributed by atoms with E-state index in [2.05, 4.69) is 36.6 Å². The number of nitrogens with zero attached hydrogens (tertiary/aromatic N) is 1. The van der Waals surface area contributed by atoms with Crippen molar-refractivity contribution in [2.75, 3.05) is 19.6 Å². The number of hydrogen-bond donors (Lipinski definition) is 10. The first kappa shape index (κ1) is 31.8. The second kappa shape index (κ2) is 17.3. The summed E-state index contributed by atoms with van der Waals surface area (Å²) in [7, 11) is 0. The lowest BCUT2D eigenvalue weighted by atomic mass is 10.0. The molecule has 212 valence electrons. The number of carbonyl (C=O) groups is 5. The maximum atomic E-state index is 13.2. The number of aromatic amines is 1. The fraction of sp³-hybridized carbons (Fsp3) is 0.591. The fourth-order valence-electron chi connectivity index (χ4n) is 3.39. The van der Waals surface area contributed by atoms with Gasteiger partial charge in [0, 0.05) is 26.1 Å². The first-order valence-electron chi connectivity index (χ1n) is 12.2. The zero-order chi connectivity index (χ0) is 28.5. The molecule has 0 aliphatic carbocycles. The minimum Gasteiger partial charge on any atom is -0.370 e. The maximum absolute atomic E-state index is 13.2. The van der Waals surface area contributed by atoms with Gasteiger partial charge in [-0.1, -0.05) is 0 Å². The highest BCUT2D eigenvalue weighted by Gasteiger charge is 2.29. The van der Waals surface area contributed by atoms with Crippen molar-refractivity contribution >= 4 is 35.5 Å². The van der Waals surface area contributed by atoms with Crippen LogP contribution < -0.4 is 43.8 Å². The van der Waals surface area contributed by atoms with Crippen LogP contribution >= 0.6 is 0 Å². The average molecular weight is 538 g/mol. The Labute approximate surface area is 220 Å². The molecule has 0 bridgehead atoms. The van der Waals surface area contributed by atoms with Crippen molar-refractivity contribution in [1.29, 1.82) is 5.41 Å². The molecule has 0 aliphatic heterocycles. The molecule has 5 amide bonds. The molecule has 0 saturated heterocycles. The Hall–Kier alpha value is -4.21. The topological polar surface area (TPSA) is 276 Å². The summed E-state index contributed by atoms with van der Waals surface area (Å²) >= 11 is 0. The number of carbonyl (C=O) groups excluding carboxylic acids is 5. The monoisotopic (exact) mass is 537 g/mol. The summed E-state index contributed by atoms with van der Waals surface area (Å²) < 4.78 is 0. The van der Waals surface area contributed by atoms with E-state index in [1.807, 2.05) is 0 Å². The molecule has 1 heterocycles. The van der Waals surface area contributed by atoms with E-state index < -0.39 is 47.7 Å². The third-order valence-electron chi connectivity index (χ3n) is 5.34. The number of hydrogen-bond acceptors (Lipinski definition) is 8. The highest BCUT2D eigenvalue weighted by atomic mass is 16.2. The summed E-state index contributed by atoms with van der Waals surface area (Å²) in [5.41, 5.74) is 16.7.